The van der Waals surface area contributed by atoms with E-state index in [0.717, 1.165) is 56.5 Å². The van der Waals surface area contributed by atoms with Crippen LogP contribution in [-0.4, -0.2) is 52.5 Å². The first-order chi connectivity index (χ1) is 14.2. The number of nitrogens with zero attached hydrogens (tertiary/aromatic N) is 1. The van der Waals surface area contributed by atoms with E-state index in [4.69, 9.17) is 19.2 Å². The molecule has 0 unspecified atom stereocenters. The average Bonchev–Trinajstić information content (AvgIpc) is 2.69. The summed E-state index contributed by atoms with van der Waals surface area (Å²) in [6, 6.07) is 6.18. The summed E-state index contributed by atoms with van der Waals surface area (Å²) in [7, 11) is 1.78. The third kappa shape index (κ3) is 8.49. The van der Waals surface area contributed by atoms with Crippen LogP contribution in [0.25, 0.3) is 0 Å². The molecular formula is C23H40IN3O3. The lowest BCUT2D eigenvalue weighted by molar-refractivity contribution is 0.0778. The van der Waals surface area contributed by atoms with Gasteiger partial charge in [0.05, 0.1) is 13.2 Å². The lowest BCUT2D eigenvalue weighted by Crippen LogP contribution is -2.41. The summed E-state index contributed by atoms with van der Waals surface area (Å²) in [5.74, 6) is 2.52. The Labute approximate surface area is 199 Å². The Morgan fingerprint density at radius 3 is 2.40 bits per heavy atom. The van der Waals surface area contributed by atoms with Crippen molar-refractivity contribution in [3.63, 3.8) is 0 Å². The molecule has 1 saturated carbocycles. The van der Waals surface area contributed by atoms with Gasteiger partial charge in [0.2, 0.25) is 0 Å². The average molecular weight is 533 g/mol. The van der Waals surface area contributed by atoms with Crippen LogP contribution in [-0.2, 0) is 11.2 Å². The van der Waals surface area contributed by atoms with Crippen LogP contribution < -0.4 is 20.1 Å². The number of hydrogen-bond donors (Lipinski definition) is 2. The highest BCUT2D eigenvalue weighted by molar-refractivity contribution is 14.0. The number of nitrogens with one attached hydrogen (secondary N) is 2. The third-order valence-electron chi connectivity index (χ3n) is 5.48. The molecule has 1 fully saturated rings. The molecule has 0 aliphatic heterocycles. The Bertz CT molecular complexity index is 636. The van der Waals surface area contributed by atoms with Gasteiger partial charge < -0.3 is 24.8 Å². The van der Waals surface area contributed by atoms with Crippen LogP contribution in [0.15, 0.2) is 23.2 Å². The Balaban J connectivity index is 0.00000450. The normalized spacial score (nSPS) is 15.0. The van der Waals surface area contributed by atoms with Crippen LogP contribution in [0, 0.1) is 5.41 Å². The van der Waals surface area contributed by atoms with Gasteiger partial charge in [-0.3, -0.25) is 4.99 Å². The molecule has 0 atom stereocenters. The number of halogens is 1. The Morgan fingerprint density at radius 2 is 1.80 bits per heavy atom. The van der Waals surface area contributed by atoms with Crippen LogP contribution >= 0.6 is 24.0 Å². The van der Waals surface area contributed by atoms with Crippen LogP contribution in [0.5, 0.6) is 11.5 Å². The number of benzene rings is 1. The predicted molar refractivity (Wildman–Crippen MR) is 135 cm³/mol. The van der Waals surface area contributed by atoms with E-state index < -0.39 is 0 Å². The molecule has 0 bridgehead atoms. The second-order valence-corrected chi connectivity index (χ2v) is 7.62. The van der Waals surface area contributed by atoms with Gasteiger partial charge in [0.25, 0.3) is 0 Å². The number of ether oxygens (including phenoxy) is 3. The number of aliphatic imine (C=N–C) groups is 1. The van der Waals surface area contributed by atoms with Gasteiger partial charge in [0.15, 0.2) is 17.5 Å². The molecule has 0 spiro atoms. The molecule has 7 heteroatoms. The molecule has 6 nitrogen and oxygen atoms in total. The van der Waals surface area contributed by atoms with Gasteiger partial charge in [-0.15, -0.1) is 24.0 Å². The number of hydrogen-bond acceptors (Lipinski definition) is 4. The number of guanidine groups is 1. The SMILES string of the molecule is CCNC(=NCC1(CCOC)CCC1)NCCc1ccc(OCC)c(OCC)c1.I. The van der Waals surface area contributed by atoms with Crippen molar-refractivity contribution in [3.05, 3.63) is 23.8 Å². The maximum absolute atomic E-state index is 5.73. The Kier molecular flexibility index (Phi) is 13.2. The number of rotatable bonds is 13. The van der Waals surface area contributed by atoms with E-state index in [2.05, 4.69) is 29.7 Å². The monoisotopic (exact) mass is 533 g/mol. The Hall–Kier alpha value is -1.22. The molecule has 0 amide bonds. The minimum atomic E-state index is 0. The van der Waals surface area contributed by atoms with E-state index in [1.807, 2.05) is 19.9 Å². The molecule has 0 saturated heterocycles. The van der Waals surface area contributed by atoms with Crippen molar-refractivity contribution >= 4 is 29.9 Å². The molecule has 0 radical (unpaired) electrons. The lowest BCUT2D eigenvalue weighted by Gasteiger charge is -2.40. The first-order valence-corrected chi connectivity index (χ1v) is 11.1. The molecule has 1 aliphatic rings. The van der Waals surface area contributed by atoms with Gasteiger partial charge in [-0.2, -0.15) is 0 Å². The van der Waals surface area contributed by atoms with E-state index in [1.54, 1.807) is 7.11 Å². The zero-order valence-corrected chi connectivity index (χ0v) is 21.4. The first kappa shape index (κ1) is 26.8. The van der Waals surface area contributed by atoms with Crippen LogP contribution in [0.2, 0.25) is 0 Å². The zero-order chi connectivity index (χ0) is 21.0. The molecular weight excluding hydrogens is 493 g/mol. The van der Waals surface area contributed by atoms with Crippen molar-refractivity contribution in [3.8, 4) is 11.5 Å². The fraction of sp³-hybridized carbons (Fsp3) is 0.696. The molecule has 2 rings (SSSR count). The fourth-order valence-electron chi connectivity index (χ4n) is 3.65. The summed E-state index contributed by atoms with van der Waals surface area (Å²) in [4.78, 5) is 4.87. The maximum Gasteiger partial charge on any atom is 0.191 e. The quantitative estimate of drug-likeness (QED) is 0.224. The highest BCUT2D eigenvalue weighted by Gasteiger charge is 2.36. The van der Waals surface area contributed by atoms with E-state index in [0.29, 0.717) is 18.6 Å². The van der Waals surface area contributed by atoms with Crippen LogP contribution in [0.3, 0.4) is 0 Å². The predicted octanol–water partition coefficient (Wildman–Crippen LogP) is 4.41. The number of methoxy groups -OCH3 is 1. The highest BCUT2D eigenvalue weighted by Crippen LogP contribution is 2.44. The minimum absolute atomic E-state index is 0. The van der Waals surface area contributed by atoms with Gasteiger partial charge in [-0.25, -0.2) is 0 Å². The van der Waals surface area contributed by atoms with Gasteiger partial charge in [-0.1, -0.05) is 12.5 Å². The minimum Gasteiger partial charge on any atom is -0.490 e. The summed E-state index contributed by atoms with van der Waals surface area (Å²) in [6.07, 6.45) is 5.81. The van der Waals surface area contributed by atoms with Crippen molar-refractivity contribution in [1.29, 1.82) is 0 Å². The molecule has 2 N–H and O–H groups in total. The molecule has 0 heterocycles. The molecule has 1 aromatic carbocycles. The Morgan fingerprint density at radius 1 is 1.07 bits per heavy atom. The molecule has 0 aromatic heterocycles. The summed E-state index contributed by atoms with van der Waals surface area (Å²) in [5, 5.41) is 6.84. The summed E-state index contributed by atoms with van der Waals surface area (Å²) in [6.45, 7) is 10.7. The molecule has 1 aromatic rings. The van der Waals surface area contributed by atoms with Gasteiger partial charge in [0, 0.05) is 33.4 Å². The van der Waals surface area contributed by atoms with E-state index in [1.165, 1.54) is 24.8 Å². The topological polar surface area (TPSA) is 64.1 Å². The second kappa shape index (κ2) is 14.7. The fourth-order valence-corrected chi connectivity index (χ4v) is 3.65. The highest BCUT2D eigenvalue weighted by atomic mass is 127. The molecule has 30 heavy (non-hydrogen) atoms. The van der Waals surface area contributed by atoms with Crippen LogP contribution in [0.4, 0.5) is 0 Å². The van der Waals surface area contributed by atoms with Crippen molar-refractivity contribution in [2.75, 3.05) is 46.6 Å². The molecule has 172 valence electrons. The second-order valence-electron chi connectivity index (χ2n) is 7.62. The zero-order valence-electron chi connectivity index (χ0n) is 19.1. The van der Waals surface area contributed by atoms with Crippen molar-refractivity contribution < 1.29 is 14.2 Å². The maximum atomic E-state index is 5.73. The van der Waals surface area contributed by atoms with E-state index >= 15 is 0 Å². The largest absolute Gasteiger partial charge is 0.490 e. The summed E-state index contributed by atoms with van der Waals surface area (Å²) < 4.78 is 16.7. The lowest BCUT2D eigenvalue weighted by atomic mass is 9.67. The van der Waals surface area contributed by atoms with Crippen molar-refractivity contribution in [1.82, 2.24) is 10.6 Å². The molecule has 1 aliphatic carbocycles. The third-order valence-corrected chi connectivity index (χ3v) is 5.48. The van der Waals surface area contributed by atoms with E-state index in [9.17, 15) is 0 Å². The van der Waals surface area contributed by atoms with Gasteiger partial charge in [-0.05, 0) is 69.6 Å². The smallest absolute Gasteiger partial charge is 0.191 e. The summed E-state index contributed by atoms with van der Waals surface area (Å²) >= 11 is 0. The standard InChI is InChI=1S/C23H39N3O3.HI/c1-5-24-22(26-18-23(12-8-13-23)14-16-27-4)25-15-11-19-9-10-20(28-6-2)21(17-19)29-7-3;/h9-10,17H,5-8,11-16,18H2,1-4H3,(H2,24,25,26);1H. The van der Waals surface area contributed by atoms with Gasteiger partial charge >= 0.3 is 0 Å². The first-order valence-electron chi connectivity index (χ1n) is 11.1. The van der Waals surface area contributed by atoms with Gasteiger partial charge in [0.1, 0.15) is 0 Å². The summed E-state index contributed by atoms with van der Waals surface area (Å²) in [5.41, 5.74) is 1.55. The van der Waals surface area contributed by atoms with Crippen LogP contribution in [0.1, 0.15) is 52.0 Å². The van der Waals surface area contributed by atoms with Crippen molar-refractivity contribution in [2.24, 2.45) is 10.4 Å². The van der Waals surface area contributed by atoms with E-state index in [-0.39, 0.29) is 24.0 Å². The van der Waals surface area contributed by atoms with Crippen molar-refractivity contribution in [2.45, 2.75) is 52.9 Å².